The van der Waals surface area contributed by atoms with E-state index in [4.69, 9.17) is 0 Å². The molecule has 0 N–H and O–H groups in total. The number of thiophene rings is 1. The van der Waals surface area contributed by atoms with E-state index in [0.29, 0.717) is 6.42 Å². The Morgan fingerprint density at radius 3 is 2.44 bits per heavy atom. The number of hydrogen-bond donors (Lipinski definition) is 0. The maximum atomic E-state index is 11.9. The fourth-order valence-corrected chi connectivity index (χ4v) is 3.02. The molecule has 82 valence electrons. The molecule has 4 heteroatoms. The van der Waals surface area contributed by atoms with Gasteiger partial charge in [0.25, 0.3) is 0 Å². The Labute approximate surface area is 120 Å². The van der Waals surface area contributed by atoms with Crippen LogP contribution in [-0.4, -0.2) is 5.78 Å². The molecule has 1 heterocycles. The van der Waals surface area contributed by atoms with Crippen molar-refractivity contribution >= 4 is 55.6 Å². The highest BCUT2D eigenvalue weighted by Crippen LogP contribution is 2.23. The molecule has 0 atom stereocenters. The fourth-order valence-electron chi connectivity index (χ4n) is 1.34. The maximum absolute atomic E-state index is 11.9. The lowest BCUT2D eigenvalue weighted by Gasteiger charge is -1.99. The molecular weight excluding hydrogens is 399 g/mol. The van der Waals surface area contributed by atoms with Gasteiger partial charge in [-0.3, -0.25) is 4.79 Å². The summed E-state index contributed by atoms with van der Waals surface area (Å²) in [5, 5.41) is 0. The first-order valence-corrected chi connectivity index (χ1v) is 7.37. The zero-order valence-corrected chi connectivity index (χ0v) is 12.8. The van der Waals surface area contributed by atoms with Crippen LogP contribution < -0.4 is 0 Å². The molecule has 0 aliphatic rings. The van der Waals surface area contributed by atoms with Gasteiger partial charge >= 0.3 is 0 Å². The van der Waals surface area contributed by atoms with Crippen LogP contribution in [0.4, 0.5) is 0 Å². The van der Waals surface area contributed by atoms with E-state index < -0.39 is 0 Å². The van der Waals surface area contributed by atoms with Gasteiger partial charge in [0.05, 0.1) is 8.66 Å². The first-order valence-electron chi connectivity index (χ1n) is 4.68. The highest BCUT2D eigenvalue weighted by Gasteiger charge is 2.09. The molecule has 0 radical (unpaired) electrons. The molecule has 0 aliphatic carbocycles. The average molecular weight is 407 g/mol. The van der Waals surface area contributed by atoms with E-state index in [2.05, 4.69) is 38.5 Å². The molecule has 1 aromatic carbocycles. The van der Waals surface area contributed by atoms with Crippen molar-refractivity contribution in [1.82, 2.24) is 0 Å². The molecule has 0 fully saturated rings. The number of halogens is 2. The van der Waals surface area contributed by atoms with Crippen molar-refractivity contribution in [3.63, 3.8) is 0 Å². The van der Waals surface area contributed by atoms with Gasteiger partial charge in [0.2, 0.25) is 0 Å². The minimum atomic E-state index is 0.178. The topological polar surface area (TPSA) is 17.1 Å². The second-order valence-corrected chi connectivity index (χ2v) is 7.04. The summed E-state index contributed by atoms with van der Waals surface area (Å²) < 4.78 is 2.19. The van der Waals surface area contributed by atoms with Crippen molar-refractivity contribution in [2.24, 2.45) is 0 Å². The quantitative estimate of drug-likeness (QED) is 0.540. The third kappa shape index (κ3) is 3.15. The molecule has 1 aromatic heterocycles. The molecule has 0 aliphatic heterocycles. The van der Waals surface area contributed by atoms with E-state index in [0.717, 1.165) is 14.2 Å². The number of benzene rings is 1. The van der Waals surface area contributed by atoms with Crippen molar-refractivity contribution in [2.45, 2.75) is 6.42 Å². The van der Waals surface area contributed by atoms with Crippen LogP contribution >= 0.6 is 49.9 Å². The van der Waals surface area contributed by atoms with Crippen molar-refractivity contribution in [2.75, 3.05) is 0 Å². The van der Waals surface area contributed by atoms with Gasteiger partial charge in [-0.15, -0.1) is 11.3 Å². The van der Waals surface area contributed by atoms with Crippen molar-refractivity contribution in [3.05, 3.63) is 54.2 Å². The molecule has 0 unspecified atom stereocenters. The Morgan fingerprint density at radius 2 is 1.88 bits per heavy atom. The molecular formula is C12H8BrIOS. The summed E-state index contributed by atoms with van der Waals surface area (Å²) in [6, 6.07) is 11.8. The van der Waals surface area contributed by atoms with Crippen LogP contribution in [-0.2, 0) is 6.42 Å². The Kier molecular flexibility index (Phi) is 4.16. The maximum Gasteiger partial charge on any atom is 0.177 e. The molecule has 16 heavy (non-hydrogen) atoms. The second kappa shape index (κ2) is 5.42. The molecule has 0 saturated heterocycles. The molecule has 0 bridgehead atoms. The minimum Gasteiger partial charge on any atom is -0.293 e. The summed E-state index contributed by atoms with van der Waals surface area (Å²) in [6.07, 6.45) is 0.476. The molecule has 0 saturated carbocycles. The van der Waals surface area contributed by atoms with E-state index in [9.17, 15) is 4.79 Å². The Bertz CT molecular complexity index is 504. The lowest BCUT2D eigenvalue weighted by Crippen LogP contribution is -2.00. The summed E-state index contributed by atoms with van der Waals surface area (Å²) in [5.41, 5.74) is 1.06. The summed E-state index contributed by atoms with van der Waals surface area (Å²) >= 11 is 7.10. The van der Waals surface area contributed by atoms with Crippen LogP contribution in [0, 0.1) is 3.57 Å². The SMILES string of the molecule is O=C(Cc1ccc(I)cc1)c1ccc(Br)s1. The molecule has 2 aromatic rings. The molecule has 0 spiro atoms. The van der Waals surface area contributed by atoms with Crippen molar-refractivity contribution in [3.8, 4) is 0 Å². The zero-order chi connectivity index (χ0) is 11.5. The van der Waals surface area contributed by atoms with Gasteiger partial charge < -0.3 is 0 Å². The third-order valence-corrected chi connectivity index (χ3v) is 4.51. The predicted octanol–water partition coefficient (Wildman–Crippen LogP) is 4.54. The van der Waals surface area contributed by atoms with E-state index >= 15 is 0 Å². The second-order valence-electron chi connectivity index (χ2n) is 3.33. The number of rotatable bonds is 3. The standard InChI is InChI=1S/C12H8BrIOS/c13-12-6-5-11(16-12)10(15)7-8-1-3-9(14)4-2-8/h1-6H,7H2. The molecule has 2 rings (SSSR count). The Morgan fingerprint density at radius 1 is 1.19 bits per heavy atom. The van der Waals surface area contributed by atoms with Crippen LogP contribution in [0.2, 0.25) is 0 Å². The summed E-state index contributed by atoms with van der Waals surface area (Å²) in [7, 11) is 0. The highest BCUT2D eigenvalue weighted by atomic mass is 127. The van der Waals surface area contributed by atoms with Gasteiger partial charge in [0.1, 0.15) is 0 Å². The van der Waals surface area contributed by atoms with Gasteiger partial charge in [0.15, 0.2) is 5.78 Å². The predicted molar refractivity (Wildman–Crippen MR) is 79.2 cm³/mol. The average Bonchev–Trinajstić information content (AvgIpc) is 2.68. The molecule has 1 nitrogen and oxygen atoms in total. The monoisotopic (exact) mass is 406 g/mol. The van der Waals surface area contributed by atoms with Gasteiger partial charge in [-0.05, 0) is 68.3 Å². The van der Waals surface area contributed by atoms with Gasteiger partial charge in [-0.25, -0.2) is 0 Å². The number of carbonyl (C=O) groups excluding carboxylic acids is 1. The lowest BCUT2D eigenvalue weighted by atomic mass is 10.1. The summed E-state index contributed by atoms with van der Waals surface area (Å²) in [6.45, 7) is 0. The Balaban J connectivity index is 2.10. The smallest absolute Gasteiger partial charge is 0.177 e. The van der Waals surface area contributed by atoms with Crippen molar-refractivity contribution in [1.29, 1.82) is 0 Å². The van der Waals surface area contributed by atoms with E-state index in [1.54, 1.807) is 0 Å². The summed E-state index contributed by atoms with van der Waals surface area (Å²) in [4.78, 5) is 12.7. The van der Waals surface area contributed by atoms with E-state index in [1.807, 2.05) is 36.4 Å². The van der Waals surface area contributed by atoms with Gasteiger partial charge in [-0.1, -0.05) is 12.1 Å². The zero-order valence-electron chi connectivity index (χ0n) is 8.24. The number of carbonyl (C=O) groups is 1. The van der Waals surface area contributed by atoms with Crippen LogP contribution in [0.25, 0.3) is 0 Å². The summed E-state index contributed by atoms with van der Waals surface area (Å²) in [5.74, 6) is 0.178. The largest absolute Gasteiger partial charge is 0.293 e. The van der Waals surface area contributed by atoms with Crippen LogP contribution in [0.3, 0.4) is 0 Å². The Hall–Kier alpha value is -0.200. The first-order chi connectivity index (χ1) is 7.65. The lowest BCUT2D eigenvalue weighted by molar-refractivity contribution is 0.0997. The van der Waals surface area contributed by atoms with Crippen LogP contribution in [0.5, 0.6) is 0 Å². The van der Waals surface area contributed by atoms with Gasteiger partial charge in [0, 0.05) is 9.99 Å². The first kappa shape index (κ1) is 12.3. The van der Waals surface area contributed by atoms with Gasteiger partial charge in [-0.2, -0.15) is 0 Å². The van der Waals surface area contributed by atoms with Crippen LogP contribution in [0.15, 0.2) is 40.2 Å². The minimum absolute atomic E-state index is 0.178. The highest BCUT2D eigenvalue weighted by molar-refractivity contribution is 14.1. The number of Topliss-reactive ketones (excluding diaryl/α,β-unsaturated/α-hetero) is 1. The van der Waals surface area contributed by atoms with Crippen molar-refractivity contribution < 1.29 is 4.79 Å². The fraction of sp³-hybridized carbons (Fsp3) is 0.0833. The van der Waals surface area contributed by atoms with Crippen LogP contribution in [0.1, 0.15) is 15.2 Å². The third-order valence-electron chi connectivity index (χ3n) is 2.13. The number of ketones is 1. The number of hydrogen-bond acceptors (Lipinski definition) is 2. The van der Waals surface area contributed by atoms with E-state index in [-0.39, 0.29) is 5.78 Å². The normalized spacial score (nSPS) is 10.4. The van der Waals surface area contributed by atoms with E-state index in [1.165, 1.54) is 14.9 Å². The molecule has 0 amide bonds.